The van der Waals surface area contributed by atoms with Crippen LogP contribution >= 0.6 is 0 Å². The highest BCUT2D eigenvalue weighted by Crippen LogP contribution is 2.27. The Balaban J connectivity index is 2.12. The number of nitrogens with one attached hydrogen (secondary N) is 1. The topological polar surface area (TPSA) is 47.3 Å². The first-order valence-electron chi connectivity index (χ1n) is 5.02. The predicted molar refractivity (Wildman–Crippen MR) is 57.8 cm³/mol. The van der Waals surface area contributed by atoms with Crippen LogP contribution in [0.25, 0.3) is 0 Å². The van der Waals surface area contributed by atoms with Crippen LogP contribution in [-0.2, 0) is 6.42 Å². The van der Waals surface area contributed by atoms with E-state index in [0.29, 0.717) is 12.6 Å². The molecule has 0 aromatic heterocycles. The Morgan fingerprint density at radius 1 is 1.57 bits per heavy atom. The highest BCUT2D eigenvalue weighted by atomic mass is 16.5. The van der Waals surface area contributed by atoms with Gasteiger partial charge in [0, 0.05) is 24.7 Å². The lowest BCUT2D eigenvalue weighted by atomic mass is 10.1. The molecule has 0 amide bonds. The molecule has 3 N–H and O–H groups in total. The number of anilines is 1. The van der Waals surface area contributed by atoms with E-state index in [1.807, 2.05) is 12.1 Å². The molecule has 1 heterocycles. The van der Waals surface area contributed by atoms with Crippen LogP contribution in [-0.4, -0.2) is 19.2 Å². The molecule has 76 valence electrons. The molecule has 0 spiro atoms. The van der Waals surface area contributed by atoms with Gasteiger partial charge in [0.05, 0.1) is 6.61 Å². The van der Waals surface area contributed by atoms with E-state index >= 15 is 0 Å². The van der Waals surface area contributed by atoms with E-state index in [-0.39, 0.29) is 0 Å². The standard InChI is InChI=1S/C11H16N2O/c1-8(7-12)13-10-2-3-11-9(6-10)4-5-14-11/h2-3,6,8,13H,4-5,7,12H2,1H3. The third kappa shape index (κ3) is 1.82. The molecule has 1 aliphatic heterocycles. The van der Waals surface area contributed by atoms with Crippen molar-refractivity contribution >= 4 is 5.69 Å². The van der Waals surface area contributed by atoms with Crippen molar-refractivity contribution in [2.75, 3.05) is 18.5 Å². The number of rotatable bonds is 3. The molecule has 0 bridgehead atoms. The summed E-state index contributed by atoms with van der Waals surface area (Å²) in [4.78, 5) is 0. The highest BCUT2D eigenvalue weighted by molar-refractivity contribution is 5.52. The fraction of sp³-hybridized carbons (Fsp3) is 0.455. The van der Waals surface area contributed by atoms with Crippen LogP contribution in [0.1, 0.15) is 12.5 Å². The minimum Gasteiger partial charge on any atom is -0.493 e. The Morgan fingerprint density at radius 3 is 3.21 bits per heavy atom. The number of benzene rings is 1. The van der Waals surface area contributed by atoms with E-state index in [9.17, 15) is 0 Å². The molecule has 14 heavy (non-hydrogen) atoms. The maximum Gasteiger partial charge on any atom is 0.122 e. The summed E-state index contributed by atoms with van der Waals surface area (Å²) in [6.07, 6.45) is 1.02. The molecule has 1 atom stereocenters. The third-order valence-electron chi connectivity index (χ3n) is 2.46. The minimum absolute atomic E-state index is 0.315. The predicted octanol–water partition coefficient (Wildman–Crippen LogP) is 1.38. The third-order valence-corrected chi connectivity index (χ3v) is 2.46. The summed E-state index contributed by atoms with van der Waals surface area (Å²) in [5.74, 6) is 1.02. The number of ether oxygens (including phenoxy) is 1. The molecular weight excluding hydrogens is 176 g/mol. The first-order chi connectivity index (χ1) is 6.79. The highest BCUT2D eigenvalue weighted by Gasteiger charge is 2.12. The molecule has 0 radical (unpaired) electrons. The van der Waals surface area contributed by atoms with Crippen LogP contribution in [0.4, 0.5) is 5.69 Å². The van der Waals surface area contributed by atoms with Crippen molar-refractivity contribution in [2.45, 2.75) is 19.4 Å². The summed E-state index contributed by atoms with van der Waals surface area (Å²) in [5.41, 5.74) is 7.97. The van der Waals surface area contributed by atoms with E-state index in [1.165, 1.54) is 5.56 Å². The summed E-state index contributed by atoms with van der Waals surface area (Å²) in [5, 5.41) is 3.34. The molecule has 0 fully saturated rings. The Kier molecular flexibility index (Phi) is 2.59. The molecule has 1 aromatic rings. The van der Waals surface area contributed by atoms with E-state index in [1.54, 1.807) is 0 Å². The van der Waals surface area contributed by atoms with Gasteiger partial charge in [-0.2, -0.15) is 0 Å². The lowest BCUT2D eigenvalue weighted by Gasteiger charge is -2.13. The summed E-state index contributed by atoms with van der Waals surface area (Å²) in [7, 11) is 0. The minimum atomic E-state index is 0.315. The normalized spacial score (nSPS) is 15.9. The van der Waals surface area contributed by atoms with Crippen molar-refractivity contribution in [3.05, 3.63) is 23.8 Å². The number of hydrogen-bond acceptors (Lipinski definition) is 3. The zero-order valence-corrected chi connectivity index (χ0v) is 8.42. The Morgan fingerprint density at radius 2 is 2.43 bits per heavy atom. The van der Waals surface area contributed by atoms with Gasteiger partial charge in [-0.15, -0.1) is 0 Å². The Bertz CT molecular complexity index is 325. The van der Waals surface area contributed by atoms with E-state index < -0.39 is 0 Å². The van der Waals surface area contributed by atoms with Gasteiger partial charge in [0.2, 0.25) is 0 Å². The van der Waals surface area contributed by atoms with Gasteiger partial charge in [-0.05, 0) is 30.7 Å². The number of fused-ring (bicyclic) bond motifs is 1. The second-order valence-electron chi connectivity index (χ2n) is 3.70. The molecule has 3 heteroatoms. The summed E-state index contributed by atoms with van der Waals surface area (Å²) in [6, 6.07) is 6.52. The first kappa shape index (κ1) is 9.34. The van der Waals surface area contributed by atoms with Gasteiger partial charge >= 0.3 is 0 Å². The Labute approximate surface area is 84.3 Å². The van der Waals surface area contributed by atoms with Gasteiger partial charge in [-0.25, -0.2) is 0 Å². The fourth-order valence-corrected chi connectivity index (χ4v) is 1.62. The van der Waals surface area contributed by atoms with Gasteiger partial charge < -0.3 is 15.8 Å². The lowest BCUT2D eigenvalue weighted by Crippen LogP contribution is -2.25. The van der Waals surface area contributed by atoms with Crippen LogP contribution in [0.15, 0.2) is 18.2 Å². The molecule has 1 aromatic carbocycles. The average Bonchev–Trinajstić information content (AvgIpc) is 2.64. The van der Waals surface area contributed by atoms with E-state index in [0.717, 1.165) is 24.5 Å². The summed E-state index contributed by atoms with van der Waals surface area (Å²) >= 11 is 0. The molecule has 0 saturated heterocycles. The first-order valence-corrected chi connectivity index (χ1v) is 5.02. The van der Waals surface area contributed by atoms with Crippen LogP contribution in [0, 0.1) is 0 Å². The molecule has 1 unspecified atom stereocenters. The fourth-order valence-electron chi connectivity index (χ4n) is 1.62. The van der Waals surface area contributed by atoms with Crippen LogP contribution < -0.4 is 15.8 Å². The molecule has 2 rings (SSSR count). The SMILES string of the molecule is CC(CN)Nc1ccc2c(c1)CCO2. The van der Waals surface area contributed by atoms with Crippen molar-refractivity contribution in [2.24, 2.45) is 5.73 Å². The van der Waals surface area contributed by atoms with Crippen molar-refractivity contribution < 1.29 is 4.74 Å². The zero-order valence-electron chi connectivity index (χ0n) is 8.42. The molecular formula is C11H16N2O. The summed E-state index contributed by atoms with van der Waals surface area (Å²) < 4.78 is 5.43. The van der Waals surface area contributed by atoms with Crippen LogP contribution in [0.5, 0.6) is 5.75 Å². The average molecular weight is 192 g/mol. The number of hydrogen-bond donors (Lipinski definition) is 2. The summed E-state index contributed by atoms with van der Waals surface area (Å²) in [6.45, 7) is 3.53. The van der Waals surface area contributed by atoms with E-state index in [4.69, 9.17) is 10.5 Å². The van der Waals surface area contributed by atoms with E-state index in [2.05, 4.69) is 18.3 Å². The largest absolute Gasteiger partial charge is 0.493 e. The quantitative estimate of drug-likeness (QED) is 0.760. The zero-order chi connectivity index (χ0) is 9.97. The second-order valence-corrected chi connectivity index (χ2v) is 3.70. The molecule has 0 saturated carbocycles. The van der Waals surface area contributed by atoms with Gasteiger partial charge in [0.15, 0.2) is 0 Å². The van der Waals surface area contributed by atoms with Crippen molar-refractivity contribution in [1.29, 1.82) is 0 Å². The maximum absolute atomic E-state index is 5.55. The van der Waals surface area contributed by atoms with Crippen molar-refractivity contribution in [3.63, 3.8) is 0 Å². The monoisotopic (exact) mass is 192 g/mol. The smallest absolute Gasteiger partial charge is 0.122 e. The molecule has 1 aliphatic rings. The van der Waals surface area contributed by atoms with Gasteiger partial charge in [-0.1, -0.05) is 0 Å². The van der Waals surface area contributed by atoms with Gasteiger partial charge in [0.25, 0.3) is 0 Å². The van der Waals surface area contributed by atoms with Crippen LogP contribution in [0.2, 0.25) is 0 Å². The Hall–Kier alpha value is -1.22. The van der Waals surface area contributed by atoms with Gasteiger partial charge in [-0.3, -0.25) is 0 Å². The van der Waals surface area contributed by atoms with Crippen molar-refractivity contribution in [3.8, 4) is 5.75 Å². The van der Waals surface area contributed by atoms with Crippen molar-refractivity contribution in [1.82, 2.24) is 0 Å². The molecule has 0 aliphatic carbocycles. The lowest BCUT2D eigenvalue weighted by molar-refractivity contribution is 0.357. The maximum atomic E-state index is 5.55. The second kappa shape index (κ2) is 3.88. The van der Waals surface area contributed by atoms with Gasteiger partial charge in [0.1, 0.15) is 5.75 Å². The number of nitrogens with two attached hydrogens (primary N) is 1. The molecule has 3 nitrogen and oxygen atoms in total. The van der Waals surface area contributed by atoms with Crippen LogP contribution in [0.3, 0.4) is 0 Å².